The summed E-state index contributed by atoms with van der Waals surface area (Å²) >= 11 is 12.3. The third kappa shape index (κ3) is 6.66. The van der Waals surface area contributed by atoms with Crippen molar-refractivity contribution in [2.24, 2.45) is 5.73 Å². The van der Waals surface area contributed by atoms with Gasteiger partial charge in [-0.15, -0.1) is 0 Å². The fraction of sp³-hybridized carbons (Fsp3) is 0.378. The number of rotatable bonds is 10. The first kappa shape index (κ1) is 39.7. The van der Waals surface area contributed by atoms with Crippen LogP contribution in [0.3, 0.4) is 0 Å². The van der Waals surface area contributed by atoms with Crippen LogP contribution in [-0.2, 0) is 36.7 Å². The number of nitrogens with two attached hydrogens (primary N) is 1. The number of alkyl halides is 3. The quantitative estimate of drug-likeness (QED) is 0.169. The van der Waals surface area contributed by atoms with Gasteiger partial charge in [0, 0.05) is 19.0 Å². The maximum atomic E-state index is 14.8. The maximum Gasteiger partial charge on any atom is 0.471 e. The molecule has 20 heteroatoms. The van der Waals surface area contributed by atoms with Gasteiger partial charge in [0.1, 0.15) is 16.8 Å². The Kier molecular flexibility index (Phi) is 9.25. The van der Waals surface area contributed by atoms with E-state index < -0.39 is 92.3 Å². The summed E-state index contributed by atoms with van der Waals surface area (Å²) in [4.78, 5) is 58.3. The first-order valence-corrected chi connectivity index (χ1v) is 18.2. The first-order chi connectivity index (χ1) is 26.6. The highest BCUT2D eigenvalue weighted by Gasteiger charge is 2.71. The number of nitrogens with one attached hydrogen (secondary N) is 2. The molecule has 1 saturated heterocycles. The lowest BCUT2D eigenvalue weighted by molar-refractivity contribution is -0.175. The van der Waals surface area contributed by atoms with E-state index >= 15 is 0 Å². The Balaban J connectivity index is 1.31. The van der Waals surface area contributed by atoms with Crippen LogP contribution in [0.2, 0.25) is 10.0 Å². The molecule has 0 bridgehead atoms. The van der Waals surface area contributed by atoms with Gasteiger partial charge in [-0.2, -0.15) is 28.6 Å². The van der Waals surface area contributed by atoms with Crippen LogP contribution in [0.5, 0.6) is 0 Å². The molecule has 3 heterocycles. The Morgan fingerprint density at radius 1 is 1.05 bits per heavy atom. The zero-order valence-electron chi connectivity index (χ0n) is 30.3. The molecular weight excluding hydrogens is 797 g/mol. The summed E-state index contributed by atoms with van der Waals surface area (Å²) in [6.45, 7) is 4.87. The largest absolute Gasteiger partial charge is 0.477 e. The van der Waals surface area contributed by atoms with Crippen molar-refractivity contribution in [3.63, 3.8) is 0 Å². The molecule has 0 radical (unpaired) electrons. The van der Waals surface area contributed by atoms with Crippen molar-refractivity contribution < 1.29 is 41.8 Å². The van der Waals surface area contributed by atoms with Crippen molar-refractivity contribution in [1.82, 2.24) is 30.6 Å². The predicted molar refractivity (Wildman–Crippen MR) is 194 cm³/mol. The molecule has 4 atom stereocenters. The van der Waals surface area contributed by atoms with Crippen LogP contribution in [0.25, 0.3) is 0 Å². The molecule has 0 spiro atoms. The lowest BCUT2D eigenvalue weighted by Gasteiger charge is -2.37. The summed E-state index contributed by atoms with van der Waals surface area (Å²) < 4.78 is 56.4. The fourth-order valence-corrected chi connectivity index (χ4v) is 7.98. The van der Waals surface area contributed by atoms with E-state index in [4.69, 9.17) is 28.9 Å². The van der Waals surface area contributed by atoms with Crippen molar-refractivity contribution >= 4 is 52.6 Å². The summed E-state index contributed by atoms with van der Waals surface area (Å²) in [6, 6.07) is 12.1. The Hall–Kier alpha value is -5.51. The molecule has 3 fully saturated rings. The summed E-state index contributed by atoms with van der Waals surface area (Å²) in [7, 11) is 0. The lowest BCUT2D eigenvalue weighted by atomic mass is 9.90. The van der Waals surface area contributed by atoms with Gasteiger partial charge in [0.05, 0.1) is 55.9 Å². The molecule has 14 nitrogen and oxygen atoms in total. The smallest absolute Gasteiger partial charge is 0.471 e. The number of fused-ring (bicyclic) bond motifs is 1. The maximum absolute atomic E-state index is 14.8. The van der Waals surface area contributed by atoms with E-state index in [1.807, 2.05) is 11.4 Å². The average Bonchev–Trinajstić information content (AvgIpc) is 4.03. The number of hydrogen-bond acceptors (Lipinski definition) is 10. The summed E-state index contributed by atoms with van der Waals surface area (Å²) in [5.74, 6) is -6.75. The van der Waals surface area contributed by atoms with Crippen molar-refractivity contribution in [2.45, 2.75) is 87.1 Å². The number of nitriles is 1. The normalized spacial score (nSPS) is 24.8. The molecule has 4 aliphatic rings. The van der Waals surface area contributed by atoms with Gasteiger partial charge >= 0.3 is 18.1 Å². The molecule has 3 unspecified atom stereocenters. The monoisotopic (exact) mass is 829 g/mol. The number of halogens is 6. The Morgan fingerprint density at radius 3 is 2.19 bits per heavy atom. The number of carboxylic acid groups (broad SMARTS) is 1. The van der Waals surface area contributed by atoms with Gasteiger partial charge in [-0.1, -0.05) is 35.3 Å². The Labute approximate surface area is 332 Å². The molecule has 3 aromatic rings. The average molecular weight is 831 g/mol. The van der Waals surface area contributed by atoms with Crippen molar-refractivity contribution in [2.75, 3.05) is 4.90 Å². The number of benzene rings is 2. The number of aliphatic carboxylic acids is 1. The minimum Gasteiger partial charge on any atom is -0.477 e. The Morgan fingerprint density at radius 2 is 1.68 bits per heavy atom. The van der Waals surface area contributed by atoms with Gasteiger partial charge < -0.3 is 31.3 Å². The summed E-state index contributed by atoms with van der Waals surface area (Å²) in [5.41, 5.74) is 1.02. The molecule has 1 aromatic heterocycles. The topological polar surface area (TPSA) is 198 Å². The van der Waals surface area contributed by atoms with E-state index in [9.17, 15) is 47.1 Å². The molecule has 57 heavy (non-hydrogen) atoms. The predicted octanol–water partition coefficient (Wildman–Crippen LogP) is 4.16. The number of hydrogen-bond donors (Lipinski definition) is 4. The van der Waals surface area contributed by atoms with Crippen molar-refractivity contribution in [1.29, 1.82) is 5.26 Å². The van der Waals surface area contributed by atoms with E-state index in [-0.39, 0.29) is 12.1 Å². The van der Waals surface area contributed by atoms with E-state index in [1.165, 1.54) is 28.9 Å². The van der Waals surface area contributed by atoms with Crippen molar-refractivity contribution in [3.8, 4) is 6.07 Å². The number of aromatic nitrogens is 2. The van der Waals surface area contributed by atoms with E-state index in [0.717, 1.165) is 23.2 Å². The molecule has 298 valence electrons. The number of carbonyl (C=O) groups is 4. The third-order valence-electron chi connectivity index (χ3n) is 10.8. The van der Waals surface area contributed by atoms with Crippen LogP contribution >= 0.6 is 23.2 Å². The van der Waals surface area contributed by atoms with Gasteiger partial charge in [0.15, 0.2) is 12.1 Å². The molecule has 2 aliphatic heterocycles. The second-order valence-corrected chi connectivity index (χ2v) is 16.2. The number of carbonyl (C=O) groups excluding carboxylic acids is 3. The highest BCUT2D eigenvalue weighted by atomic mass is 35.5. The molecule has 2 saturated carbocycles. The zero-order chi connectivity index (χ0) is 41.6. The van der Waals surface area contributed by atoms with Gasteiger partial charge in [-0.3, -0.25) is 19.3 Å². The summed E-state index contributed by atoms with van der Waals surface area (Å²) in [5, 5.41) is 31.9. The fourth-order valence-electron chi connectivity index (χ4n) is 7.51. The number of carboxylic acids is 1. The van der Waals surface area contributed by atoms with E-state index in [2.05, 4.69) is 15.5 Å². The van der Waals surface area contributed by atoms with Gasteiger partial charge in [0.2, 0.25) is 5.91 Å². The van der Waals surface area contributed by atoms with Crippen LogP contribution in [0.15, 0.2) is 60.4 Å². The van der Waals surface area contributed by atoms with Gasteiger partial charge in [-0.05, 0) is 75.6 Å². The molecule has 3 amide bonds. The molecule has 2 aromatic carbocycles. The van der Waals surface area contributed by atoms with Gasteiger partial charge in [0.25, 0.3) is 5.91 Å². The molecule has 5 N–H and O–H groups in total. The SMILES string of the molecule is CC(C)(N)c1ccc(C2(NC(=O)C3(NC(=O)C(F)(F)F)CC3N3C=C(C(=O)O)N4C3N(c3cc(Cl)c(F)c(Cl)c3)C(=O)[C@@]4(C)Cc3ccc(C#N)cc3)CC2)nn1. The third-order valence-corrected chi connectivity index (χ3v) is 11.3. The summed E-state index contributed by atoms with van der Waals surface area (Å²) in [6.07, 6.45) is -5.81. The first-order valence-electron chi connectivity index (χ1n) is 17.4. The lowest BCUT2D eigenvalue weighted by Crippen LogP contribution is -2.59. The standard InChI is InChI=1S/C37H33Cl2F4N9O5/c1-33(2,45)24-8-9-25(49-48-24)35(10-11-35)46-29(55)36(47-30(56)37(41,42)43)15-26(36)50-17-23(28(53)54)52-32(50)51(20-12-21(38)27(40)22(39)13-20)31(57)34(52,3)14-18-4-6-19(16-44)7-5-18/h4-9,12-13,17,26,32H,10-11,14-15,45H2,1-3H3,(H,46,55)(H,47,56)(H,53,54)/t26?,32?,34-,36?/m1/s1. The number of amides is 3. The molecule has 7 rings (SSSR count). The highest BCUT2D eigenvalue weighted by molar-refractivity contribution is 6.35. The second kappa shape index (κ2) is 13.3. The minimum absolute atomic E-state index is 0.102. The zero-order valence-corrected chi connectivity index (χ0v) is 31.8. The number of nitrogens with zero attached hydrogens (tertiary/aromatic N) is 6. The van der Waals surface area contributed by atoms with Crippen LogP contribution in [0.1, 0.15) is 62.5 Å². The molecular formula is C37H33Cl2F4N9O5. The van der Waals surface area contributed by atoms with Crippen molar-refractivity contribution in [3.05, 3.63) is 98.8 Å². The Bertz CT molecular complexity index is 2270. The second-order valence-electron chi connectivity index (χ2n) is 15.3. The van der Waals surface area contributed by atoms with E-state index in [0.29, 0.717) is 35.4 Å². The van der Waals surface area contributed by atoms with Crippen LogP contribution < -0.4 is 21.3 Å². The highest BCUT2D eigenvalue weighted by Crippen LogP contribution is 2.53. The number of anilines is 1. The van der Waals surface area contributed by atoms with E-state index in [1.54, 1.807) is 38.1 Å². The molecule has 2 aliphatic carbocycles. The van der Waals surface area contributed by atoms with Crippen LogP contribution in [-0.4, -0.2) is 78.4 Å². The minimum atomic E-state index is -5.43. The van der Waals surface area contributed by atoms with Crippen LogP contribution in [0.4, 0.5) is 23.2 Å². The van der Waals surface area contributed by atoms with Gasteiger partial charge in [-0.25, -0.2) is 9.18 Å². The van der Waals surface area contributed by atoms with Crippen LogP contribution in [0, 0.1) is 17.1 Å².